The van der Waals surface area contributed by atoms with Crippen LogP contribution in [0.4, 0.5) is 51.2 Å². The summed E-state index contributed by atoms with van der Waals surface area (Å²) in [6, 6.07) is 135. The van der Waals surface area contributed by atoms with E-state index in [4.69, 9.17) is 52.0 Å². The van der Waals surface area contributed by atoms with Crippen molar-refractivity contribution in [3.05, 3.63) is 451 Å². The van der Waals surface area contributed by atoms with Crippen molar-refractivity contribution in [3.8, 4) is 44.9 Å². The van der Waals surface area contributed by atoms with E-state index in [0.717, 1.165) is 94.4 Å². The van der Waals surface area contributed by atoms with Crippen molar-refractivity contribution in [3.63, 3.8) is 0 Å². The Balaban J connectivity index is 0.856. The predicted octanol–water partition coefficient (Wildman–Crippen LogP) is 24.6. The first kappa shape index (κ1) is 63.6. The molecule has 16 aromatic rings. The van der Waals surface area contributed by atoms with E-state index >= 15 is 0 Å². The minimum absolute atomic E-state index is 0.0830. The summed E-state index contributed by atoms with van der Waals surface area (Å²) in [6.07, 6.45) is 0. The summed E-state index contributed by atoms with van der Waals surface area (Å²) in [5.41, 5.74) is 27.3. The molecule has 5 nitrogen and oxygen atoms in total. The van der Waals surface area contributed by atoms with Crippen LogP contribution in [0.25, 0.3) is 33.4 Å². The van der Waals surface area contributed by atoms with E-state index in [-0.39, 0.29) is 31.6 Å². The minimum atomic E-state index is -6.99. The Hall–Kier alpha value is -11.4. The maximum absolute atomic E-state index is 8.63. The van der Waals surface area contributed by atoms with Gasteiger partial charge in [0.1, 0.15) is 0 Å². The molecule has 0 fully saturated rings. The van der Waals surface area contributed by atoms with Gasteiger partial charge in [-0.25, -0.2) is 0 Å². The summed E-state index contributed by atoms with van der Waals surface area (Å²) < 4.78 is 20.0. The molecule has 1 spiro atoms. The second kappa shape index (κ2) is 23.1. The Morgan fingerprint density at radius 1 is 0.211 bits per heavy atom. The van der Waals surface area contributed by atoms with Crippen LogP contribution in [0.15, 0.2) is 364 Å². The molecule has 0 aromatic heterocycles. The van der Waals surface area contributed by atoms with Gasteiger partial charge in [-0.1, -0.05) is 0 Å². The molecule has 0 amide bonds. The van der Waals surface area contributed by atoms with Gasteiger partial charge in [-0.2, -0.15) is 0 Å². The number of benzene rings is 16. The summed E-state index contributed by atoms with van der Waals surface area (Å²) in [5.74, 6) is 0.519. The summed E-state index contributed by atoms with van der Waals surface area (Å²) >= 11 is 23.3. The molecule has 4 heterocycles. The summed E-state index contributed by atoms with van der Waals surface area (Å²) in [7, 11) is 0. The average molecular weight is 1670 g/mol. The number of anilines is 9. The molecule has 109 heavy (non-hydrogen) atoms. The van der Waals surface area contributed by atoms with E-state index in [0.29, 0.717) is 0 Å². The first-order chi connectivity index (χ1) is 53.7. The van der Waals surface area contributed by atoms with E-state index in [1.165, 1.54) is 66.8 Å². The van der Waals surface area contributed by atoms with Crippen LogP contribution < -0.4 is 30.1 Å². The summed E-state index contributed by atoms with van der Waals surface area (Å²) in [4.78, 5) is 7.46. The first-order valence-electron chi connectivity index (χ1n) is 36.9. The molecule has 0 bridgehead atoms. The van der Waals surface area contributed by atoms with Crippen molar-refractivity contribution in [2.24, 2.45) is 0 Å². The topological polar surface area (TPSA) is 28.2 Å². The second-order valence-electron chi connectivity index (χ2n) is 29.3. The fraction of sp³-hybridized carbons (Fsp3) is 0.0303. The van der Waals surface area contributed by atoms with Gasteiger partial charge in [0, 0.05) is 0 Å². The Bertz CT molecular complexity index is 6180. The fourth-order valence-corrected chi connectivity index (χ4v) is 44.6. The SMILES string of the molecule is Clc1c(Cl)c(Cl)c2c(c1Cl)[O][Bi]13([O]2)[c]2c4cccc2N(c2ccc5c(c2)C(c2ccccc2)(c2ccccc2)c2ccccc2-5)c2cccc([c]21)N(c1ccc2c(c1)C(c1ccccc1)(c1ccccc1)c1ccccc1-2)c1cccc([c]13)N4c1ccc2c(c1)-c1ccccc1C2(c1ccccc1)c1ccccc1. The van der Waals surface area contributed by atoms with E-state index in [2.05, 4.69) is 379 Å². The second-order valence-corrected chi connectivity index (χ2v) is 44.9. The van der Waals surface area contributed by atoms with Gasteiger partial charge < -0.3 is 0 Å². The van der Waals surface area contributed by atoms with E-state index in [1.54, 1.807) is 0 Å². The van der Waals surface area contributed by atoms with Crippen LogP contribution in [0, 0.1) is 0 Å². The van der Waals surface area contributed by atoms with Crippen LogP contribution in [0.5, 0.6) is 11.5 Å². The number of rotatable bonds is 9. The summed E-state index contributed by atoms with van der Waals surface area (Å²) in [5, 5.41) is 0.415. The van der Waals surface area contributed by atoms with Gasteiger partial charge in [-0.3, -0.25) is 0 Å². The molecule has 3 aliphatic carbocycles. The zero-order chi connectivity index (χ0) is 72.3. The van der Waals surface area contributed by atoms with Crippen molar-refractivity contribution in [1.82, 2.24) is 0 Å². The van der Waals surface area contributed by atoms with Crippen molar-refractivity contribution in [2.45, 2.75) is 16.2 Å². The molecule has 0 saturated heterocycles. The molecule has 10 heteroatoms. The zero-order valence-electron chi connectivity index (χ0n) is 58.3. The quantitative estimate of drug-likeness (QED) is 0.0816. The standard InChI is InChI=1S/C93H60N3.C6H2Cl4O2.Bi/c1-7-28-64(29-8-1)91(65-30-9-2-10-31-65)87-51-24-21-48-81(87)84-61-76(54-57-88(84)91)94-70-40-25-42-72(58-70)95(77-52-55-82-79-46-19-22-49-85(79)92(89(82)62-77,66-32-11-3-12-33-66)67-34-13-4-14-35-67)74-44-27-45-75(60-74)96(73-43-26-41-71(94)59-73)78-53-56-83-80-47-20-23-50-86(80)93(90(83)63-78,68-36-15-5-16-37-68)69-38-17-6-18-39-69;7-1-2(8)4(10)6(12)5(11)3(1)9;/h1-57,61-63H;11-12H;/q;;+2/p-2. The molecule has 0 unspecified atom stereocenters. The van der Waals surface area contributed by atoms with Gasteiger partial charge in [0.25, 0.3) is 0 Å². The molecule has 0 atom stereocenters. The van der Waals surface area contributed by atoms with E-state index < -0.39 is 35.9 Å². The third kappa shape index (κ3) is 7.90. The molecule has 7 aliphatic rings. The van der Waals surface area contributed by atoms with E-state index in [9.17, 15) is 0 Å². The molecule has 516 valence electrons. The van der Waals surface area contributed by atoms with Gasteiger partial charge in [0.15, 0.2) is 0 Å². The predicted molar refractivity (Wildman–Crippen MR) is 448 cm³/mol. The van der Waals surface area contributed by atoms with Crippen molar-refractivity contribution < 1.29 is 5.63 Å². The Morgan fingerprint density at radius 2 is 0.459 bits per heavy atom. The van der Waals surface area contributed by atoms with Gasteiger partial charge >= 0.3 is 659 Å². The van der Waals surface area contributed by atoms with Crippen LogP contribution in [0.3, 0.4) is 0 Å². The molecule has 4 aliphatic heterocycles. The maximum atomic E-state index is 8.63. The third-order valence-corrected chi connectivity index (χ3v) is 45.2. The van der Waals surface area contributed by atoms with Crippen molar-refractivity contribution in [1.29, 1.82) is 0 Å². The van der Waals surface area contributed by atoms with Crippen molar-refractivity contribution in [2.75, 3.05) is 14.7 Å². The zero-order valence-corrected chi connectivity index (χ0v) is 64.8. The molecular formula is C99H60BiCl4N3O2. The van der Waals surface area contributed by atoms with Gasteiger partial charge in [0.05, 0.1) is 0 Å². The summed E-state index contributed by atoms with van der Waals surface area (Å²) in [6.45, 7) is 0. The number of fused-ring (bicyclic) bond motifs is 10. The Kier molecular flexibility index (Phi) is 13.5. The molecule has 0 radical (unpaired) electrons. The molecule has 0 saturated carbocycles. The van der Waals surface area contributed by atoms with Gasteiger partial charge in [-0.05, 0) is 0 Å². The number of hydrogen-bond donors (Lipinski definition) is 0. The van der Waals surface area contributed by atoms with Crippen LogP contribution in [0.1, 0.15) is 66.8 Å². The van der Waals surface area contributed by atoms with Crippen LogP contribution in [-0.4, -0.2) is 19.7 Å². The number of nitrogens with zero attached hydrogens (tertiary/aromatic N) is 3. The van der Waals surface area contributed by atoms with Gasteiger partial charge in [0.2, 0.25) is 0 Å². The van der Waals surface area contributed by atoms with E-state index in [1.807, 2.05) is 0 Å². The molecular weight excluding hydrogens is 1610 g/mol. The fourth-order valence-electron chi connectivity index (χ4n) is 20.6. The van der Waals surface area contributed by atoms with Crippen LogP contribution in [0.2, 0.25) is 20.1 Å². The van der Waals surface area contributed by atoms with Gasteiger partial charge in [-0.15, -0.1) is 0 Å². The number of hydrogen-bond acceptors (Lipinski definition) is 5. The molecule has 16 aromatic carbocycles. The first-order valence-corrected chi connectivity index (χ1v) is 46.4. The Labute approximate surface area is 653 Å². The third-order valence-electron chi connectivity index (χ3n) is 24.5. The normalized spacial score (nSPS) is 16.2. The monoisotopic (exact) mass is 1670 g/mol. The van der Waals surface area contributed by atoms with Crippen LogP contribution >= 0.6 is 46.4 Å². The molecule has 0 N–H and O–H groups in total. The van der Waals surface area contributed by atoms with Crippen LogP contribution in [-0.2, 0) is 16.2 Å². The molecule has 23 rings (SSSR count). The average Bonchev–Trinajstić information content (AvgIpc) is 1.61. The Morgan fingerprint density at radius 3 is 0.780 bits per heavy atom. The van der Waals surface area contributed by atoms with Crippen molar-refractivity contribution >= 4 is 127 Å². The number of halogens is 4.